The summed E-state index contributed by atoms with van der Waals surface area (Å²) in [6.07, 6.45) is 5.94. The van der Waals surface area contributed by atoms with E-state index in [1.54, 1.807) is 6.92 Å². The molecule has 0 radical (unpaired) electrons. The summed E-state index contributed by atoms with van der Waals surface area (Å²) in [7, 11) is 0. The first-order valence-electron chi connectivity index (χ1n) is 9.21. The summed E-state index contributed by atoms with van der Waals surface area (Å²) in [5, 5.41) is 0. The van der Waals surface area contributed by atoms with Crippen LogP contribution < -0.4 is 10.5 Å². The maximum absolute atomic E-state index is 12.6. The monoisotopic (exact) mass is 337 g/mol. The molecule has 2 N–H and O–H groups in total. The maximum Gasteiger partial charge on any atom is 0.202 e. The highest BCUT2D eigenvalue weighted by atomic mass is 16.5. The molecule has 2 aromatic carbocycles. The number of nitrogen functional groups attached to an aromatic ring is 1. The van der Waals surface area contributed by atoms with Gasteiger partial charge in [-0.15, -0.1) is 0 Å². The minimum Gasteiger partial charge on any atom is -0.480 e. The summed E-state index contributed by atoms with van der Waals surface area (Å²) in [5.74, 6) is 1.19. The van der Waals surface area contributed by atoms with Gasteiger partial charge in [-0.1, -0.05) is 49.6 Å². The van der Waals surface area contributed by atoms with E-state index in [0.29, 0.717) is 22.9 Å². The number of carbonyl (C=O) groups excluding carboxylic acids is 1. The first-order chi connectivity index (χ1) is 12.0. The summed E-state index contributed by atoms with van der Waals surface area (Å²) in [6, 6.07) is 13.7. The highest BCUT2D eigenvalue weighted by Gasteiger charge is 2.20. The van der Waals surface area contributed by atoms with Crippen LogP contribution in [0, 0.1) is 6.92 Å². The minimum absolute atomic E-state index is 0.0184. The summed E-state index contributed by atoms with van der Waals surface area (Å²) >= 11 is 0. The predicted molar refractivity (Wildman–Crippen MR) is 102 cm³/mol. The molecule has 132 valence electrons. The van der Waals surface area contributed by atoms with E-state index in [2.05, 4.69) is 12.1 Å². The van der Waals surface area contributed by atoms with Crippen molar-refractivity contribution in [1.82, 2.24) is 0 Å². The molecule has 0 saturated heterocycles. The number of carbonyl (C=O) groups is 1. The van der Waals surface area contributed by atoms with Gasteiger partial charge in [0.25, 0.3) is 0 Å². The summed E-state index contributed by atoms with van der Waals surface area (Å²) in [6.45, 7) is 3.75. The van der Waals surface area contributed by atoms with Gasteiger partial charge in [0.2, 0.25) is 5.78 Å². The van der Waals surface area contributed by atoms with Crippen LogP contribution >= 0.6 is 0 Å². The van der Waals surface area contributed by atoms with Gasteiger partial charge in [-0.2, -0.15) is 0 Å². The Labute approximate surface area is 150 Å². The number of Topliss-reactive ketones (excluding diaryl/α,β-unsaturated/α-hetero) is 1. The number of ether oxygens (including phenoxy) is 1. The summed E-state index contributed by atoms with van der Waals surface area (Å²) < 4.78 is 5.79. The van der Waals surface area contributed by atoms with Gasteiger partial charge in [0.15, 0.2) is 6.10 Å². The third-order valence-corrected chi connectivity index (χ3v) is 5.11. The number of ketones is 1. The van der Waals surface area contributed by atoms with E-state index in [4.69, 9.17) is 10.5 Å². The van der Waals surface area contributed by atoms with Gasteiger partial charge in [0, 0.05) is 5.56 Å². The van der Waals surface area contributed by atoms with Gasteiger partial charge in [-0.25, -0.2) is 0 Å². The zero-order chi connectivity index (χ0) is 17.8. The Kier molecular flexibility index (Phi) is 5.42. The van der Waals surface area contributed by atoms with E-state index in [1.165, 1.54) is 37.7 Å². The van der Waals surface area contributed by atoms with Crippen molar-refractivity contribution in [2.45, 2.75) is 58.0 Å². The SMILES string of the molecule is Cc1ccc(OC(C)C(=O)c2ccc(C3CCCCC3)cc2)c(N)c1. The van der Waals surface area contributed by atoms with Crippen LogP contribution in [0.3, 0.4) is 0 Å². The zero-order valence-corrected chi connectivity index (χ0v) is 15.1. The normalized spacial score (nSPS) is 16.4. The number of aryl methyl sites for hydroxylation is 1. The zero-order valence-electron chi connectivity index (χ0n) is 15.1. The third-order valence-electron chi connectivity index (χ3n) is 5.11. The Morgan fingerprint density at radius 3 is 2.40 bits per heavy atom. The molecule has 0 heterocycles. The summed E-state index contributed by atoms with van der Waals surface area (Å²) in [4.78, 5) is 12.6. The van der Waals surface area contributed by atoms with Crippen molar-refractivity contribution >= 4 is 11.5 Å². The number of benzene rings is 2. The third kappa shape index (κ3) is 4.22. The Morgan fingerprint density at radius 2 is 1.76 bits per heavy atom. The fourth-order valence-electron chi connectivity index (χ4n) is 3.61. The van der Waals surface area contributed by atoms with Crippen molar-refractivity contribution in [3.8, 4) is 5.75 Å². The number of nitrogens with two attached hydrogens (primary N) is 1. The molecule has 0 aromatic heterocycles. The van der Waals surface area contributed by atoms with E-state index in [9.17, 15) is 4.79 Å². The first-order valence-corrected chi connectivity index (χ1v) is 9.21. The van der Waals surface area contributed by atoms with Gasteiger partial charge in [0.1, 0.15) is 5.75 Å². The van der Waals surface area contributed by atoms with Crippen LogP contribution in [-0.4, -0.2) is 11.9 Å². The smallest absolute Gasteiger partial charge is 0.202 e. The Bertz CT molecular complexity index is 730. The topological polar surface area (TPSA) is 52.3 Å². The second-order valence-corrected chi connectivity index (χ2v) is 7.12. The van der Waals surface area contributed by atoms with Gasteiger partial charge in [0.05, 0.1) is 5.69 Å². The van der Waals surface area contributed by atoms with E-state index < -0.39 is 6.10 Å². The number of hydrogen-bond acceptors (Lipinski definition) is 3. The number of anilines is 1. The molecule has 1 fully saturated rings. The lowest BCUT2D eigenvalue weighted by Crippen LogP contribution is -2.24. The van der Waals surface area contributed by atoms with Crippen LogP contribution in [0.4, 0.5) is 5.69 Å². The van der Waals surface area contributed by atoms with Crippen molar-refractivity contribution in [2.75, 3.05) is 5.73 Å². The van der Waals surface area contributed by atoms with E-state index in [1.807, 2.05) is 37.3 Å². The molecule has 3 nitrogen and oxygen atoms in total. The second kappa shape index (κ2) is 7.73. The minimum atomic E-state index is -0.564. The molecule has 1 aliphatic carbocycles. The molecular weight excluding hydrogens is 310 g/mol. The molecule has 0 aliphatic heterocycles. The molecule has 1 aliphatic rings. The van der Waals surface area contributed by atoms with Gasteiger partial charge >= 0.3 is 0 Å². The molecule has 0 bridgehead atoms. The van der Waals surface area contributed by atoms with Crippen molar-refractivity contribution < 1.29 is 9.53 Å². The molecule has 0 spiro atoms. The molecule has 1 unspecified atom stereocenters. The van der Waals surface area contributed by atoms with Crippen molar-refractivity contribution in [1.29, 1.82) is 0 Å². The van der Waals surface area contributed by atoms with Gasteiger partial charge < -0.3 is 10.5 Å². The largest absolute Gasteiger partial charge is 0.480 e. The van der Waals surface area contributed by atoms with E-state index in [0.717, 1.165) is 5.56 Å². The number of hydrogen-bond donors (Lipinski definition) is 1. The molecule has 0 amide bonds. The van der Waals surface area contributed by atoms with E-state index >= 15 is 0 Å². The molecule has 1 atom stereocenters. The lowest BCUT2D eigenvalue weighted by Gasteiger charge is -2.22. The molecule has 2 aromatic rings. The van der Waals surface area contributed by atoms with Gasteiger partial charge in [-0.3, -0.25) is 4.79 Å². The lowest BCUT2D eigenvalue weighted by molar-refractivity contribution is 0.0819. The second-order valence-electron chi connectivity index (χ2n) is 7.12. The first kappa shape index (κ1) is 17.5. The van der Waals surface area contributed by atoms with Crippen molar-refractivity contribution in [2.24, 2.45) is 0 Å². The van der Waals surface area contributed by atoms with Crippen molar-refractivity contribution in [3.63, 3.8) is 0 Å². The standard InChI is InChI=1S/C22H27NO2/c1-15-8-13-21(20(23)14-15)25-16(2)22(24)19-11-9-18(10-12-19)17-6-4-3-5-7-17/h8-14,16-17H,3-7,23H2,1-2H3. The average Bonchev–Trinajstić information content (AvgIpc) is 2.64. The predicted octanol–water partition coefficient (Wildman–Crippen LogP) is 5.28. The highest BCUT2D eigenvalue weighted by molar-refractivity contribution is 5.99. The van der Waals surface area contributed by atoms with Crippen molar-refractivity contribution in [3.05, 3.63) is 59.2 Å². The van der Waals surface area contributed by atoms with Crippen LogP contribution in [-0.2, 0) is 0 Å². The van der Waals surface area contributed by atoms with Crippen LogP contribution in [0.2, 0.25) is 0 Å². The van der Waals surface area contributed by atoms with Gasteiger partial charge in [-0.05, 0) is 55.9 Å². The summed E-state index contributed by atoms with van der Waals surface area (Å²) in [5.41, 5.74) is 9.65. The molecule has 1 saturated carbocycles. The Morgan fingerprint density at radius 1 is 1.08 bits per heavy atom. The fraction of sp³-hybridized carbons (Fsp3) is 0.409. The quantitative estimate of drug-likeness (QED) is 0.597. The van der Waals surface area contributed by atoms with Crippen LogP contribution in [0.25, 0.3) is 0 Å². The number of rotatable bonds is 5. The fourth-order valence-corrected chi connectivity index (χ4v) is 3.61. The molecule has 3 rings (SSSR count). The Balaban J connectivity index is 1.67. The lowest BCUT2D eigenvalue weighted by atomic mass is 9.84. The molecule has 3 heteroatoms. The highest BCUT2D eigenvalue weighted by Crippen LogP contribution is 2.32. The van der Waals surface area contributed by atoms with Crippen LogP contribution in [0.1, 0.15) is 66.4 Å². The maximum atomic E-state index is 12.6. The van der Waals surface area contributed by atoms with E-state index in [-0.39, 0.29) is 5.78 Å². The van der Waals surface area contributed by atoms with Crippen LogP contribution in [0.5, 0.6) is 5.75 Å². The van der Waals surface area contributed by atoms with Crippen LogP contribution in [0.15, 0.2) is 42.5 Å². The molecular formula is C22H27NO2. The Hall–Kier alpha value is -2.29. The average molecular weight is 337 g/mol. The molecule has 25 heavy (non-hydrogen) atoms.